The van der Waals surface area contributed by atoms with Crippen molar-refractivity contribution in [2.45, 2.75) is 44.9 Å². The Morgan fingerprint density at radius 2 is 2.27 bits per heavy atom. The third-order valence-corrected chi connectivity index (χ3v) is 2.77. The van der Waals surface area contributed by atoms with Gasteiger partial charge in [0.2, 0.25) is 0 Å². The van der Waals surface area contributed by atoms with Gasteiger partial charge in [0.25, 0.3) is 0 Å². The zero-order chi connectivity index (χ0) is 11.1. The molecule has 0 aliphatic carbocycles. The number of esters is 1. The summed E-state index contributed by atoms with van der Waals surface area (Å²) in [4.78, 5) is 13.8. The van der Waals surface area contributed by atoms with E-state index < -0.39 is 0 Å². The molecule has 2 saturated heterocycles. The van der Waals surface area contributed by atoms with Gasteiger partial charge in [0.05, 0.1) is 19.3 Å². The van der Waals surface area contributed by atoms with Crippen molar-refractivity contribution in [1.82, 2.24) is 4.90 Å². The summed E-state index contributed by atoms with van der Waals surface area (Å²) in [7, 11) is 0. The molecular formula is C11H19NO3. The molecule has 0 aromatic rings. The molecule has 2 heterocycles. The molecule has 4 nitrogen and oxygen atoms in total. The van der Waals surface area contributed by atoms with Crippen LogP contribution in [0.3, 0.4) is 0 Å². The van der Waals surface area contributed by atoms with E-state index in [9.17, 15) is 4.79 Å². The molecule has 0 aromatic carbocycles. The van der Waals surface area contributed by atoms with E-state index >= 15 is 0 Å². The van der Waals surface area contributed by atoms with Crippen LogP contribution in [0.15, 0.2) is 0 Å². The Balaban J connectivity index is 1.80. The molecule has 4 heteroatoms. The highest BCUT2D eigenvalue weighted by Crippen LogP contribution is 2.27. The Hall–Kier alpha value is -0.610. The number of hydrogen-bond donors (Lipinski definition) is 0. The third-order valence-electron chi connectivity index (χ3n) is 2.77. The first-order valence-corrected chi connectivity index (χ1v) is 5.51. The first-order valence-electron chi connectivity index (χ1n) is 5.51. The molecule has 2 atom stereocenters. The van der Waals surface area contributed by atoms with E-state index in [1.807, 2.05) is 20.8 Å². The number of rotatable bonds is 2. The normalized spacial score (nSPS) is 30.9. The third kappa shape index (κ3) is 2.69. The van der Waals surface area contributed by atoms with Crippen LogP contribution in [0.2, 0.25) is 0 Å². The average molecular weight is 213 g/mol. The molecule has 0 aromatic heterocycles. The van der Waals surface area contributed by atoms with Gasteiger partial charge < -0.3 is 9.47 Å². The van der Waals surface area contributed by atoms with Gasteiger partial charge in [0.1, 0.15) is 5.60 Å². The van der Waals surface area contributed by atoms with E-state index in [-0.39, 0.29) is 11.6 Å². The predicted octanol–water partition coefficient (Wildman–Crippen LogP) is 0.801. The zero-order valence-corrected chi connectivity index (χ0v) is 9.66. The van der Waals surface area contributed by atoms with E-state index in [4.69, 9.17) is 9.47 Å². The molecule has 0 radical (unpaired) electrons. The Morgan fingerprint density at radius 1 is 1.53 bits per heavy atom. The highest BCUT2D eigenvalue weighted by molar-refractivity contribution is 5.72. The average Bonchev–Trinajstić information content (AvgIpc) is 2.60. The van der Waals surface area contributed by atoms with Gasteiger partial charge in [-0.25, -0.2) is 0 Å². The molecule has 2 fully saturated rings. The second-order valence-corrected chi connectivity index (χ2v) is 5.36. The smallest absolute Gasteiger partial charge is 0.320 e. The van der Waals surface area contributed by atoms with Crippen LogP contribution in [-0.2, 0) is 14.3 Å². The van der Waals surface area contributed by atoms with E-state index in [0.29, 0.717) is 18.7 Å². The van der Waals surface area contributed by atoms with Crippen molar-refractivity contribution in [3.05, 3.63) is 0 Å². The maximum atomic E-state index is 11.6. The molecule has 0 saturated carbocycles. The van der Waals surface area contributed by atoms with Gasteiger partial charge in [-0.2, -0.15) is 0 Å². The van der Waals surface area contributed by atoms with Crippen molar-refractivity contribution >= 4 is 5.97 Å². The molecule has 0 amide bonds. The van der Waals surface area contributed by atoms with Gasteiger partial charge in [0, 0.05) is 12.6 Å². The molecule has 15 heavy (non-hydrogen) atoms. The molecular weight excluding hydrogens is 194 g/mol. The fraction of sp³-hybridized carbons (Fsp3) is 0.909. The van der Waals surface area contributed by atoms with Crippen molar-refractivity contribution in [2.75, 3.05) is 19.7 Å². The second-order valence-electron chi connectivity index (χ2n) is 5.36. The lowest BCUT2D eigenvalue weighted by Gasteiger charge is -2.27. The van der Waals surface area contributed by atoms with E-state index in [1.54, 1.807) is 0 Å². The molecule has 0 spiro atoms. The maximum absolute atomic E-state index is 11.6. The standard InChI is InChI=1S/C11H19NO3/c1-11(2,3)15-10(13)6-12-5-9-4-8(12)7-14-9/h8-9H,4-7H2,1-3H3/t8-,9-/m1/s1. The number of nitrogens with zero attached hydrogens (tertiary/aromatic N) is 1. The van der Waals surface area contributed by atoms with Crippen LogP contribution in [0.4, 0.5) is 0 Å². The summed E-state index contributed by atoms with van der Waals surface area (Å²) < 4.78 is 10.8. The topological polar surface area (TPSA) is 38.8 Å². The first kappa shape index (κ1) is 10.9. The molecule has 2 aliphatic heterocycles. The van der Waals surface area contributed by atoms with Crippen molar-refractivity contribution in [2.24, 2.45) is 0 Å². The van der Waals surface area contributed by atoms with Gasteiger partial charge >= 0.3 is 5.97 Å². The predicted molar refractivity (Wildman–Crippen MR) is 55.6 cm³/mol. The number of hydrogen-bond acceptors (Lipinski definition) is 4. The lowest BCUT2D eigenvalue weighted by Crippen LogP contribution is -2.42. The lowest BCUT2D eigenvalue weighted by atomic mass is 10.2. The van der Waals surface area contributed by atoms with Crippen LogP contribution in [0.25, 0.3) is 0 Å². The number of likely N-dealkylation sites (tertiary alicyclic amines) is 1. The Labute approximate surface area is 90.5 Å². The Morgan fingerprint density at radius 3 is 2.73 bits per heavy atom. The van der Waals surface area contributed by atoms with Gasteiger partial charge in [-0.15, -0.1) is 0 Å². The van der Waals surface area contributed by atoms with Gasteiger partial charge in [-0.1, -0.05) is 0 Å². The Bertz CT molecular complexity index is 259. The van der Waals surface area contributed by atoms with Crippen LogP contribution >= 0.6 is 0 Å². The minimum atomic E-state index is -0.383. The molecule has 0 N–H and O–H groups in total. The van der Waals surface area contributed by atoms with Crippen molar-refractivity contribution in [3.8, 4) is 0 Å². The summed E-state index contributed by atoms with van der Waals surface area (Å²) in [6.45, 7) is 7.73. The first-order chi connectivity index (χ1) is 6.94. The summed E-state index contributed by atoms with van der Waals surface area (Å²) in [6.07, 6.45) is 1.42. The minimum absolute atomic E-state index is 0.130. The summed E-state index contributed by atoms with van der Waals surface area (Å²) in [5.74, 6) is -0.130. The zero-order valence-electron chi connectivity index (χ0n) is 9.66. The summed E-state index contributed by atoms with van der Waals surface area (Å²) >= 11 is 0. The van der Waals surface area contributed by atoms with E-state index in [2.05, 4.69) is 4.90 Å². The van der Waals surface area contributed by atoms with Crippen LogP contribution in [-0.4, -0.2) is 48.3 Å². The van der Waals surface area contributed by atoms with Crippen molar-refractivity contribution < 1.29 is 14.3 Å². The largest absolute Gasteiger partial charge is 0.459 e. The molecule has 86 valence electrons. The Kier molecular flexibility index (Phi) is 2.73. The van der Waals surface area contributed by atoms with Crippen molar-refractivity contribution in [1.29, 1.82) is 0 Å². The monoisotopic (exact) mass is 213 g/mol. The summed E-state index contributed by atoms with van der Waals surface area (Å²) in [5, 5.41) is 0. The highest BCUT2D eigenvalue weighted by Gasteiger charge is 2.40. The molecule has 2 aliphatic rings. The number of ether oxygens (including phenoxy) is 2. The van der Waals surface area contributed by atoms with E-state index in [0.717, 1.165) is 19.6 Å². The number of carbonyl (C=O) groups is 1. The minimum Gasteiger partial charge on any atom is -0.459 e. The van der Waals surface area contributed by atoms with Crippen LogP contribution in [0.1, 0.15) is 27.2 Å². The van der Waals surface area contributed by atoms with E-state index in [1.165, 1.54) is 0 Å². The fourth-order valence-corrected chi connectivity index (χ4v) is 2.21. The lowest BCUT2D eigenvalue weighted by molar-refractivity contribution is -0.157. The van der Waals surface area contributed by atoms with Crippen molar-refractivity contribution in [3.63, 3.8) is 0 Å². The van der Waals surface area contributed by atoms with Gasteiger partial charge in [0.15, 0.2) is 0 Å². The number of carbonyl (C=O) groups excluding carboxylic acids is 1. The molecule has 2 rings (SSSR count). The SMILES string of the molecule is CC(C)(C)OC(=O)CN1C[C@H]2C[C@@H]1CO2. The maximum Gasteiger partial charge on any atom is 0.320 e. The number of morpholine rings is 1. The van der Waals surface area contributed by atoms with Crippen LogP contribution in [0, 0.1) is 0 Å². The second kappa shape index (κ2) is 3.76. The highest BCUT2D eigenvalue weighted by atomic mass is 16.6. The van der Waals surface area contributed by atoms with Gasteiger partial charge in [-0.05, 0) is 27.2 Å². The summed E-state index contributed by atoms with van der Waals surface area (Å²) in [6, 6.07) is 0.433. The van der Waals surface area contributed by atoms with Gasteiger partial charge in [-0.3, -0.25) is 9.69 Å². The molecule has 2 bridgehead atoms. The van der Waals surface area contributed by atoms with Crippen LogP contribution < -0.4 is 0 Å². The number of fused-ring (bicyclic) bond motifs is 2. The summed E-state index contributed by atoms with van der Waals surface area (Å²) in [5.41, 5.74) is -0.383. The van der Waals surface area contributed by atoms with Crippen LogP contribution in [0.5, 0.6) is 0 Å². The fourth-order valence-electron chi connectivity index (χ4n) is 2.21. The molecule has 0 unspecified atom stereocenters. The quantitative estimate of drug-likeness (QED) is 0.636.